The molecule has 7 nitrogen and oxygen atoms in total. The Kier molecular flexibility index (Phi) is 6.82. The van der Waals surface area contributed by atoms with Crippen LogP contribution in [0.25, 0.3) is 0 Å². The highest BCUT2D eigenvalue weighted by atomic mass is 16.4. The van der Waals surface area contributed by atoms with Crippen molar-refractivity contribution < 1.29 is 24.6 Å². The van der Waals surface area contributed by atoms with E-state index in [1.165, 1.54) is 0 Å². The van der Waals surface area contributed by atoms with Gasteiger partial charge in [-0.2, -0.15) is 0 Å². The predicted octanol–water partition coefficient (Wildman–Crippen LogP) is 0.676. The number of nitrogens with one attached hydrogen (secondary N) is 1. The lowest BCUT2D eigenvalue weighted by molar-refractivity contribution is -0.147. The minimum atomic E-state index is -1.14. The highest BCUT2D eigenvalue weighted by molar-refractivity contribution is 5.87. The zero-order valence-electron chi connectivity index (χ0n) is 13.2. The largest absolute Gasteiger partial charge is 0.481 e. The summed E-state index contributed by atoms with van der Waals surface area (Å²) < 4.78 is 0. The van der Waals surface area contributed by atoms with Crippen LogP contribution in [0.4, 0.5) is 0 Å². The van der Waals surface area contributed by atoms with Crippen molar-refractivity contribution in [3.63, 3.8) is 0 Å². The number of amides is 1. The Bertz CT molecular complexity index is 401. The molecular formula is C14H26N2O5. The topological polar surface area (TPSA) is 130 Å². The second-order valence-electron chi connectivity index (χ2n) is 6.67. The molecule has 0 saturated heterocycles. The molecule has 1 amide bonds. The van der Waals surface area contributed by atoms with Gasteiger partial charge in [-0.05, 0) is 17.8 Å². The van der Waals surface area contributed by atoms with E-state index < -0.39 is 41.3 Å². The van der Waals surface area contributed by atoms with E-state index in [1.54, 1.807) is 34.6 Å². The van der Waals surface area contributed by atoms with Gasteiger partial charge in [0.25, 0.3) is 0 Å². The van der Waals surface area contributed by atoms with Crippen LogP contribution < -0.4 is 11.1 Å². The van der Waals surface area contributed by atoms with Crippen molar-refractivity contribution in [3.05, 3.63) is 0 Å². The first-order valence-electron chi connectivity index (χ1n) is 6.89. The molecule has 0 aliphatic heterocycles. The van der Waals surface area contributed by atoms with Crippen molar-refractivity contribution >= 4 is 17.8 Å². The number of carboxylic acids is 2. The summed E-state index contributed by atoms with van der Waals surface area (Å²) in [6, 6.07) is -2.10. The molecule has 0 aromatic carbocycles. The van der Waals surface area contributed by atoms with Gasteiger partial charge in [0, 0.05) is 0 Å². The van der Waals surface area contributed by atoms with Crippen LogP contribution in [0, 0.1) is 17.3 Å². The number of carboxylic acid groups (broad SMARTS) is 2. The third-order valence-electron chi connectivity index (χ3n) is 3.40. The molecule has 21 heavy (non-hydrogen) atoms. The standard InChI is InChI=1S/C14H26N2O5/c1-7(2)10(13(20)21)16-11(17)9(15)6-8(12(18)19)14(3,4)5/h7-10H,6,15H2,1-5H3,(H,16,17)(H,18,19)(H,20,21)/t8?,9-,10-/m0/s1. The van der Waals surface area contributed by atoms with Crippen molar-refractivity contribution in [2.24, 2.45) is 23.0 Å². The molecule has 0 aromatic rings. The molecule has 0 fully saturated rings. The van der Waals surface area contributed by atoms with E-state index >= 15 is 0 Å². The van der Waals surface area contributed by atoms with E-state index in [0.717, 1.165) is 0 Å². The van der Waals surface area contributed by atoms with Gasteiger partial charge in [0.15, 0.2) is 0 Å². The molecule has 7 heteroatoms. The molecule has 122 valence electrons. The third-order valence-corrected chi connectivity index (χ3v) is 3.40. The van der Waals surface area contributed by atoms with E-state index in [9.17, 15) is 19.5 Å². The lowest BCUT2D eigenvalue weighted by atomic mass is 9.77. The molecule has 0 heterocycles. The average Bonchev–Trinajstić information content (AvgIpc) is 2.29. The number of aliphatic carboxylic acids is 2. The highest BCUT2D eigenvalue weighted by Crippen LogP contribution is 2.29. The summed E-state index contributed by atoms with van der Waals surface area (Å²) in [6.07, 6.45) is -0.0465. The Balaban J connectivity index is 4.85. The molecule has 0 aliphatic carbocycles. The van der Waals surface area contributed by atoms with Gasteiger partial charge in [0.2, 0.25) is 5.91 Å². The van der Waals surface area contributed by atoms with Crippen LogP contribution in [0.15, 0.2) is 0 Å². The lowest BCUT2D eigenvalue weighted by Gasteiger charge is -2.29. The van der Waals surface area contributed by atoms with Gasteiger partial charge < -0.3 is 21.3 Å². The van der Waals surface area contributed by atoms with Gasteiger partial charge in [-0.25, -0.2) is 4.79 Å². The molecule has 0 saturated carbocycles. The number of hydrogen-bond acceptors (Lipinski definition) is 4. The first-order valence-corrected chi connectivity index (χ1v) is 6.89. The second kappa shape index (κ2) is 7.40. The normalized spacial score (nSPS) is 16.1. The fraction of sp³-hybridized carbons (Fsp3) is 0.786. The van der Waals surface area contributed by atoms with Crippen molar-refractivity contribution in [2.45, 2.75) is 53.1 Å². The van der Waals surface area contributed by atoms with Gasteiger partial charge in [-0.15, -0.1) is 0 Å². The minimum Gasteiger partial charge on any atom is -0.481 e. The van der Waals surface area contributed by atoms with E-state index in [1.807, 2.05) is 0 Å². The van der Waals surface area contributed by atoms with Crippen LogP contribution >= 0.6 is 0 Å². The van der Waals surface area contributed by atoms with Crippen molar-refractivity contribution in [1.82, 2.24) is 5.32 Å². The van der Waals surface area contributed by atoms with E-state index in [2.05, 4.69) is 5.32 Å². The zero-order chi connectivity index (χ0) is 17.0. The Morgan fingerprint density at radius 2 is 1.57 bits per heavy atom. The molecule has 0 bridgehead atoms. The van der Waals surface area contributed by atoms with Gasteiger partial charge in [0.05, 0.1) is 12.0 Å². The number of hydrogen-bond donors (Lipinski definition) is 4. The number of nitrogens with two attached hydrogens (primary N) is 1. The zero-order valence-corrected chi connectivity index (χ0v) is 13.2. The summed E-state index contributed by atoms with van der Waals surface area (Å²) in [4.78, 5) is 34.3. The molecule has 0 aromatic heterocycles. The molecule has 5 N–H and O–H groups in total. The quantitative estimate of drug-likeness (QED) is 0.547. The van der Waals surface area contributed by atoms with Crippen molar-refractivity contribution in [3.8, 4) is 0 Å². The first-order chi connectivity index (χ1) is 9.37. The molecule has 3 atom stereocenters. The Morgan fingerprint density at radius 1 is 1.10 bits per heavy atom. The van der Waals surface area contributed by atoms with Gasteiger partial charge in [-0.3, -0.25) is 9.59 Å². The Morgan fingerprint density at radius 3 is 1.86 bits per heavy atom. The lowest BCUT2D eigenvalue weighted by Crippen LogP contribution is -2.51. The Hall–Kier alpha value is -1.63. The van der Waals surface area contributed by atoms with E-state index in [-0.39, 0.29) is 12.3 Å². The first kappa shape index (κ1) is 19.4. The van der Waals surface area contributed by atoms with E-state index in [0.29, 0.717) is 0 Å². The number of carbonyl (C=O) groups is 3. The molecule has 1 unspecified atom stereocenters. The fourth-order valence-corrected chi connectivity index (χ4v) is 1.96. The Labute approximate surface area is 124 Å². The SMILES string of the molecule is CC(C)[C@H](NC(=O)[C@@H](N)CC(C(=O)O)C(C)(C)C)C(=O)O. The van der Waals surface area contributed by atoms with E-state index in [4.69, 9.17) is 10.8 Å². The summed E-state index contributed by atoms with van der Waals surface area (Å²) in [5.74, 6) is -3.90. The van der Waals surface area contributed by atoms with Crippen LogP contribution in [0.2, 0.25) is 0 Å². The molecule has 0 rings (SSSR count). The number of carbonyl (C=O) groups excluding carboxylic acids is 1. The van der Waals surface area contributed by atoms with Crippen LogP contribution in [0.3, 0.4) is 0 Å². The maximum Gasteiger partial charge on any atom is 0.326 e. The van der Waals surface area contributed by atoms with Crippen LogP contribution in [0.5, 0.6) is 0 Å². The molecule has 0 aliphatic rings. The summed E-state index contributed by atoms with van der Waals surface area (Å²) in [7, 11) is 0. The monoisotopic (exact) mass is 302 g/mol. The summed E-state index contributed by atoms with van der Waals surface area (Å²) >= 11 is 0. The van der Waals surface area contributed by atoms with Gasteiger partial charge in [-0.1, -0.05) is 34.6 Å². The van der Waals surface area contributed by atoms with Crippen LogP contribution in [0.1, 0.15) is 41.0 Å². The van der Waals surface area contributed by atoms with Gasteiger partial charge >= 0.3 is 11.9 Å². The molecule has 0 spiro atoms. The van der Waals surface area contributed by atoms with Crippen molar-refractivity contribution in [1.29, 1.82) is 0 Å². The third kappa shape index (κ3) is 6.12. The number of rotatable bonds is 7. The molecular weight excluding hydrogens is 276 g/mol. The van der Waals surface area contributed by atoms with Crippen molar-refractivity contribution in [2.75, 3.05) is 0 Å². The second-order valence-corrected chi connectivity index (χ2v) is 6.67. The van der Waals surface area contributed by atoms with Gasteiger partial charge in [0.1, 0.15) is 6.04 Å². The summed E-state index contributed by atoms with van der Waals surface area (Å²) in [6.45, 7) is 8.60. The smallest absolute Gasteiger partial charge is 0.326 e. The predicted molar refractivity (Wildman–Crippen MR) is 77.6 cm³/mol. The maximum absolute atomic E-state index is 12.0. The fourth-order valence-electron chi connectivity index (χ4n) is 1.96. The van der Waals surface area contributed by atoms with Crippen LogP contribution in [-0.4, -0.2) is 40.1 Å². The average molecular weight is 302 g/mol. The molecule has 0 radical (unpaired) electrons. The minimum absolute atomic E-state index is 0.0465. The highest BCUT2D eigenvalue weighted by Gasteiger charge is 2.35. The van der Waals surface area contributed by atoms with Crippen LogP contribution in [-0.2, 0) is 14.4 Å². The summed E-state index contributed by atoms with van der Waals surface area (Å²) in [5, 5.41) is 20.6. The summed E-state index contributed by atoms with van der Waals surface area (Å²) in [5.41, 5.74) is 5.19. The maximum atomic E-state index is 12.0.